The fourth-order valence-electron chi connectivity index (χ4n) is 3.74. The molecule has 3 rings (SSSR count). The summed E-state index contributed by atoms with van der Waals surface area (Å²) in [6.07, 6.45) is 9.51. The first-order valence-corrected chi connectivity index (χ1v) is 9.64. The SMILES string of the molecule is O=C(NCCC1=CCCCC1)C1CCN(C(=O)c2ccc(F)cc2)CC1. The molecule has 4 nitrogen and oxygen atoms in total. The van der Waals surface area contributed by atoms with E-state index < -0.39 is 0 Å². The monoisotopic (exact) mass is 358 g/mol. The van der Waals surface area contributed by atoms with Crippen LogP contribution in [0.5, 0.6) is 0 Å². The lowest BCUT2D eigenvalue weighted by Gasteiger charge is -2.31. The van der Waals surface area contributed by atoms with Crippen molar-refractivity contribution >= 4 is 11.8 Å². The number of rotatable bonds is 5. The quantitative estimate of drug-likeness (QED) is 0.816. The van der Waals surface area contributed by atoms with Crippen LogP contribution in [0, 0.1) is 11.7 Å². The Balaban J connectivity index is 1.41. The lowest BCUT2D eigenvalue weighted by Crippen LogP contribution is -2.43. The summed E-state index contributed by atoms with van der Waals surface area (Å²) in [6, 6.07) is 5.62. The number of piperidine rings is 1. The Morgan fingerprint density at radius 2 is 1.85 bits per heavy atom. The zero-order chi connectivity index (χ0) is 18.4. The molecule has 1 aromatic carbocycles. The normalized spacial score (nSPS) is 18.3. The first-order chi connectivity index (χ1) is 12.6. The van der Waals surface area contributed by atoms with Crippen molar-refractivity contribution < 1.29 is 14.0 Å². The maximum atomic E-state index is 13.0. The van der Waals surface area contributed by atoms with Crippen LogP contribution in [0.3, 0.4) is 0 Å². The third-order valence-electron chi connectivity index (χ3n) is 5.37. The first kappa shape index (κ1) is 18.6. The molecule has 1 aromatic rings. The molecule has 1 heterocycles. The largest absolute Gasteiger partial charge is 0.356 e. The lowest BCUT2D eigenvalue weighted by atomic mass is 9.94. The Bertz CT molecular complexity index is 661. The van der Waals surface area contributed by atoms with Crippen LogP contribution in [0.25, 0.3) is 0 Å². The van der Waals surface area contributed by atoms with Crippen molar-refractivity contribution in [1.82, 2.24) is 10.2 Å². The van der Waals surface area contributed by atoms with Crippen LogP contribution in [0.15, 0.2) is 35.9 Å². The van der Waals surface area contributed by atoms with E-state index in [-0.39, 0.29) is 23.5 Å². The van der Waals surface area contributed by atoms with Crippen LogP contribution in [0.1, 0.15) is 55.3 Å². The smallest absolute Gasteiger partial charge is 0.253 e. The average molecular weight is 358 g/mol. The molecule has 1 N–H and O–H groups in total. The van der Waals surface area contributed by atoms with Gasteiger partial charge in [-0.05, 0) is 69.2 Å². The summed E-state index contributed by atoms with van der Waals surface area (Å²) in [5.74, 6) is -0.350. The Morgan fingerprint density at radius 1 is 1.12 bits per heavy atom. The van der Waals surface area contributed by atoms with Gasteiger partial charge in [0.05, 0.1) is 0 Å². The second-order valence-electron chi connectivity index (χ2n) is 7.22. The van der Waals surface area contributed by atoms with Crippen LogP contribution in [0.2, 0.25) is 0 Å². The second-order valence-corrected chi connectivity index (χ2v) is 7.22. The summed E-state index contributed by atoms with van der Waals surface area (Å²) in [5, 5.41) is 3.06. The van der Waals surface area contributed by atoms with Gasteiger partial charge in [-0.3, -0.25) is 9.59 Å². The number of carbonyl (C=O) groups excluding carboxylic acids is 2. The number of benzene rings is 1. The highest BCUT2D eigenvalue weighted by Gasteiger charge is 2.27. The van der Waals surface area contributed by atoms with Gasteiger partial charge >= 0.3 is 0 Å². The topological polar surface area (TPSA) is 49.4 Å². The molecule has 0 radical (unpaired) electrons. The second kappa shape index (κ2) is 8.97. The maximum absolute atomic E-state index is 13.0. The number of halogens is 1. The van der Waals surface area contributed by atoms with Gasteiger partial charge < -0.3 is 10.2 Å². The van der Waals surface area contributed by atoms with Gasteiger partial charge in [-0.2, -0.15) is 0 Å². The van der Waals surface area contributed by atoms with Crippen LogP contribution in [0.4, 0.5) is 4.39 Å². The van der Waals surface area contributed by atoms with E-state index in [0.29, 0.717) is 38.0 Å². The Labute approximate surface area is 154 Å². The zero-order valence-electron chi connectivity index (χ0n) is 15.2. The summed E-state index contributed by atoms with van der Waals surface area (Å²) >= 11 is 0. The van der Waals surface area contributed by atoms with Gasteiger partial charge in [-0.15, -0.1) is 0 Å². The van der Waals surface area contributed by atoms with Crippen LogP contribution in [-0.2, 0) is 4.79 Å². The van der Waals surface area contributed by atoms with E-state index in [4.69, 9.17) is 0 Å². The standard InChI is InChI=1S/C21H27FN2O2/c22-19-8-6-18(7-9-19)21(26)24-14-11-17(12-15-24)20(25)23-13-10-16-4-2-1-3-5-16/h4,6-9,17H,1-3,5,10-15H2,(H,23,25). The highest BCUT2D eigenvalue weighted by Crippen LogP contribution is 2.21. The van der Waals surface area contributed by atoms with E-state index in [2.05, 4.69) is 11.4 Å². The molecule has 26 heavy (non-hydrogen) atoms. The molecule has 140 valence electrons. The third kappa shape index (κ3) is 4.93. The molecule has 1 saturated heterocycles. The molecule has 1 fully saturated rings. The van der Waals surface area contributed by atoms with E-state index in [0.717, 1.165) is 6.42 Å². The first-order valence-electron chi connectivity index (χ1n) is 9.64. The third-order valence-corrected chi connectivity index (χ3v) is 5.37. The number of carbonyl (C=O) groups is 2. The van der Waals surface area contributed by atoms with Crippen molar-refractivity contribution in [3.8, 4) is 0 Å². The summed E-state index contributed by atoms with van der Waals surface area (Å²) in [6.45, 7) is 1.85. The molecule has 1 aliphatic heterocycles. The van der Waals surface area contributed by atoms with Crippen molar-refractivity contribution in [2.75, 3.05) is 19.6 Å². The van der Waals surface area contributed by atoms with Crippen molar-refractivity contribution in [3.63, 3.8) is 0 Å². The fourth-order valence-corrected chi connectivity index (χ4v) is 3.74. The van der Waals surface area contributed by atoms with Gasteiger partial charge in [0.15, 0.2) is 0 Å². The minimum Gasteiger partial charge on any atom is -0.356 e. The predicted octanol–water partition coefficient (Wildman–Crippen LogP) is 3.68. The number of hydrogen-bond acceptors (Lipinski definition) is 2. The number of nitrogens with one attached hydrogen (secondary N) is 1. The summed E-state index contributed by atoms with van der Waals surface area (Å²) < 4.78 is 13.0. The molecule has 2 amide bonds. The summed E-state index contributed by atoms with van der Waals surface area (Å²) in [4.78, 5) is 26.5. The molecule has 1 aliphatic carbocycles. The lowest BCUT2D eigenvalue weighted by molar-refractivity contribution is -0.126. The van der Waals surface area contributed by atoms with Gasteiger partial charge in [0, 0.05) is 31.1 Å². The number of nitrogens with zero attached hydrogens (tertiary/aromatic N) is 1. The van der Waals surface area contributed by atoms with E-state index in [1.807, 2.05) is 0 Å². The zero-order valence-corrected chi connectivity index (χ0v) is 15.2. The van der Waals surface area contributed by atoms with Crippen LogP contribution in [-0.4, -0.2) is 36.3 Å². The molecular formula is C21H27FN2O2. The molecule has 0 bridgehead atoms. The minimum absolute atomic E-state index is 0.0207. The molecule has 0 aromatic heterocycles. The number of allylic oxidation sites excluding steroid dienone is 1. The molecule has 0 atom stereocenters. The van der Waals surface area contributed by atoms with E-state index in [1.165, 1.54) is 55.5 Å². The highest BCUT2D eigenvalue weighted by molar-refractivity contribution is 5.94. The summed E-state index contributed by atoms with van der Waals surface area (Å²) in [5.41, 5.74) is 1.96. The van der Waals surface area contributed by atoms with Crippen molar-refractivity contribution in [3.05, 3.63) is 47.3 Å². The summed E-state index contributed by atoms with van der Waals surface area (Å²) in [7, 11) is 0. The van der Waals surface area contributed by atoms with Crippen molar-refractivity contribution in [1.29, 1.82) is 0 Å². The number of hydrogen-bond donors (Lipinski definition) is 1. The van der Waals surface area contributed by atoms with E-state index in [9.17, 15) is 14.0 Å². The van der Waals surface area contributed by atoms with Crippen molar-refractivity contribution in [2.24, 2.45) is 5.92 Å². The van der Waals surface area contributed by atoms with Crippen LogP contribution < -0.4 is 5.32 Å². The highest BCUT2D eigenvalue weighted by atomic mass is 19.1. The Morgan fingerprint density at radius 3 is 2.50 bits per heavy atom. The Kier molecular flexibility index (Phi) is 6.42. The minimum atomic E-state index is -0.346. The van der Waals surface area contributed by atoms with E-state index >= 15 is 0 Å². The maximum Gasteiger partial charge on any atom is 0.253 e. The van der Waals surface area contributed by atoms with Crippen molar-refractivity contribution in [2.45, 2.75) is 44.9 Å². The molecule has 5 heteroatoms. The molecular weight excluding hydrogens is 331 g/mol. The number of likely N-dealkylation sites (tertiary alicyclic amines) is 1. The van der Waals surface area contributed by atoms with Gasteiger partial charge in [0.1, 0.15) is 5.82 Å². The molecule has 0 saturated carbocycles. The van der Waals surface area contributed by atoms with Gasteiger partial charge in [0.25, 0.3) is 5.91 Å². The number of amides is 2. The van der Waals surface area contributed by atoms with Gasteiger partial charge in [0.2, 0.25) is 5.91 Å². The Hall–Kier alpha value is -2.17. The molecule has 2 aliphatic rings. The van der Waals surface area contributed by atoms with Gasteiger partial charge in [-0.25, -0.2) is 4.39 Å². The average Bonchev–Trinajstić information content (AvgIpc) is 2.69. The fraction of sp³-hybridized carbons (Fsp3) is 0.524. The predicted molar refractivity (Wildman–Crippen MR) is 99.2 cm³/mol. The van der Waals surface area contributed by atoms with E-state index in [1.54, 1.807) is 4.90 Å². The molecule has 0 spiro atoms. The van der Waals surface area contributed by atoms with Crippen LogP contribution >= 0.6 is 0 Å². The molecule has 0 unspecified atom stereocenters. The van der Waals surface area contributed by atoms with Gasteiger partial charge in [-0.1, -0.05) is 11.6 Å².